The molecule has 5 nitrogen and oxygen atoms in total. The lowest BCUT2D eigenvalue weighted by Gasteiger charge is -2.24. The van der Waals surface area contributed by atoms with E-state index >= 15 is 0 Å². The van der Waals surface area contributed by atoms with E-state index in [1.54, 1.807) is 19.2 Å². The van der Waals surface area contributed by atoms with Crippen LogP contribution in [0.1, 0.15) is 24.4 Å². The Bertz CT molecular complexity index is 880. The predicted molar refractivity (Wildman–Crippen MR) is 92.0 cm³/mol. The van der Waals surface area contributed by atoms with Gasteiger partial charge in [-0.05, 0) is 54.8 Å². The van der Waals surface area contributed by atoms with Crippen LogP contribution in [0.5, 0.6) is 11.5 Å². The molecular formula is C18H18F3NO4S. The zero-order valence-corrected chi connectivity index (χ0v) is 15.3. The summed E-state index contributed by atoms with van der Waals surface area (Å²) in [4.78, 5) is -0.0718. The molecule has 1 saturated heterocycles. The van der Waals surface area contributed by atoms with Crippen molar-refractivity contribution in [1.82, 2.24) is 4.31 Å². The Morgan fingerprint density at radius 2 is 1.59 bits per heavy atom. The van der Waals surface area contributed by atoms with E-state index in [-0.39, 0.29) is 10.9 Å². The van der Waals surface area contributed by atoms with Gasteiger partial charge in [0.25, 0.3) is 0 Å². The minimum absolute atomic E-state index is 0.0718. The molecule has 1 aliphatic heterocycles. The van der Waals surface area contributed by atoms with Gasteiger partial charge in [0.2, 0.25) is 10.0 Å². The zero-order valence-electron chi connectivity index (χ0n) is 14.4. The smallest absolute Gasteiger partial charge is 0.497 e. The van der Waals surface area contributed by atoms with E-state index in [1.807, 2.05) is 12.1 Å². The highest BCUT2D eigenvalue weighted by molar-refractivity contribution is 7.89. The normalized spacial score (nSPS) is 18.4. The van der Waals surface area contributed by atoms with Gasteiger partial charge in [-0.15, -0.1) is 13.2 Å². The second-order valence-electron chi connectivity index (χ2n) is 6.07. The van der Waals surface area contributed by atoms with E-state index in [9.17, 15) is 21.6 Å². The molecular weight excluding hydrogens is 383 g/mol. The van der Waals surface area contributed by atoms with Gasteiger partial charge >= 0.3 is 6.36 Å². The van der Waals surface area contributed by atoms with Crippen molar-refractivity contribution in [3.8, 4) is 11.5 Å². The van der Waals surface area contributed by atoms with Gasteiger partial charge in [0.15, 0.2) is 0 Å². The minimum atomic E-state index is -4.82. The Hall–Kier alpha value is -2.26. The van der Waals surface area contributed by atoms with E-state index in [1.165, 1.54) is 4.31 Å². The molecule has 9 heteroatoms. The fraction of sp³-hybridized carbons (Fsp3) is 0.333. The molecule has 0 N–H and O–H groups in total. The van der Waals surface area contributed by atoms with Crippen LogP contribution in [0.2, 0.25) is 0 Å². The van der Waals surface area contributed by atoms with Crippen molar-refractivity contribution in [2.45, 2.75) is 30.1 Å². The van der Waals surface area contributed by atoms with Crippen LogP contribution in [-0.2, 0) is 10.0 Å². The van der Waals surface area contributed by atoms with E-state index in [2.05, 4.69) is 4.74 Å². The number of halogens is 3. The first-order valence-electron chi connectivity index (χ1n) is 8.22. The minimum Gasteiger partial charge on any atom is -0.497 e. The first-order chi connectivity index (χ1) is 12.7. The summed E-state index contributed by atoms with van der Waals surface area (Å²) in [5, 5.41) is 0. The molecule has 0 radical (unpaired) electrons. The van der Waals surface area contributed by atoms with E-state index in [4.69, 9.17) is 4.74 Å². The summed E-state index contributed by atoms with van der Waals surface area (Å²) in [6.45, 7) is 0.347. The molecule has 146 valence electrons. The quantitative estimate of drug-likeness (QED) is 0.756. The second-order valence-corrected chi connectivity index (χ2v) is 7.96. The molecule has 1 aliphatic rings. The third-order valence-corrected chi connectivity index (χ3v) is 6.29. The average Bonchev–Trinajstić information content (AvgIpc) is 3.11. The van der Waals surface area contributed by atoms with Crippen LogP contribution in [0.15, 0.2) is 53.4 Å². The van der Waals surface area contributed by atoms with Gasteiger partial charge in [-0.25, -0.2) is 8.42 Å². The molecule has 0 amide bonds. The predicted octanol–water partition coefficient (Wildman–Crippen LogP) is 4.12. The number of methoxy groups -OCH3 is 1. The molecule has 1 heterocycles. The Morgan fingerprint density at radius 1 is 1.00 bits per heavy atom. The van der Waals surface area contributed by atoms with Gasteiger partial charge in [-0.3, -0.25) is 0 Å². The topological polar surface area (TPSA) is 55.8 Å². The monoisotopic (exact) mass is 401 g/mol. The lowest BCUT2D eigenvalue weighted by molar-refractivity contribution is -0.274. The molecule has 0 spiro atoms. The number of hydrogen-bond donors (Lipinski definition) is 0. The van der Waals surface area contributed by atoms with Crippen LogP contribution < -0.4 is 9.47 Å². The molecule has 27 heavy (non-hydrogen) atoms. The fourth-order valence-electron chi connectivity index (χ4n) is 3.14. The number of nitrogens with zero attached hydrogens (tertiary/aromatic N) is 1. The molecule has 1 atom stereocenters. The number of ether oxygens (including phenoxy) is 2. The van der Waals surface area contributed by atoms with Crippen LogP contribution in [0, 0.1) is 0 Å². The van der Waals surface area contributed by atoms with Crippen LogP contribution in [0.3, 0.4) is 0 Å². The highest BCUT2D eigenvalue weighted by Gasteiger charge is 2.36. The number of rotatable bonds is 5. The maximum Gasteiger partial charge on any atom is 0.573 e. The third kappa shape index (κ3) is 4.36. The zero-order chi connectivity index (χ0) is 19.7. The number of benzene rings is 2. The molecule has 2 aromatic rings. The molecule has 0 saturated carbocycles. The van der Waals surface area contributed by atoms with Gasteiger partial charge in [0, 0.05) is 6.54 Å². The molecule has 2 aromatic carbocycles. The summed E-state index contributed by atoms with van der Waals surface area (Å²) < 4.78 is 73.0. The lowest BCUT2D eigenvalue weighted by Crippen LogP contribution is -2.30. The van der Waals surface area contributed by atoms with Crippen molar-refractivity contribution in [3.05, 3.63) is 54.1 Å². The average molecular weight is 401 g/mol. The summed E-state index contributed by atoms with van der Waals surface area (Å²) in [5.41, 5.74) is 0.842. The van der Waals surface area contributed by atoms with Crippen LogP contribution in [-0.4, -0.2) is 32.7 Å². The summed E-state index contributed by atoms with van der Waals surface area (Å²) in [7, 11) is -2.30. The first-order valence-corrected chi connectivity index (χ1v) is 9.66. The first kappa shape index (κ1) is 19.5. The highest BCUT2D eigenvalue weighted by Crippen LogP contribution is 2.37. The van der Waals surface area contributed by atoms with Crippen molar-refractivity contribution in [1.29, 1.82) is 0 Å². The summed E-state index contributed by atoms with van der Waals surface area (Å²) in [5.74, 6) is 0.209. The SMILES string of the molecule is COc1ccc(C2CCCN2S(=O)(=O)c2ccc(OC(F)(F)F)cc2)cc1. The highest BCUT2D eigenvalue weighted by atomic mass is 32.2. The van der Waals surface area contributed by atoms with Crippen LogP contribution in [0.4, 0.5) is 13.2 Å². The molecule has 1 unspecified atom stereocenters. The molecule has 3 rings (SSSR count). The van der Waals surface area contributed by atoms with Crippen molar-refractivity contribution < 1.29 is 31.1 Å². The van der Waals surface area contributed by atoms with Gasteiger partial charge in [-0.1, -0.05) is 12.1 Å². The Morgan fingerprint density at radius 3 is 2.15 bits per heavy atom. The van der Waals surface area contributed by atoms with Gasteiger partial charge in [-0.2, -0.15) is 4.31 Å². The fourth-order valence-corrected chi connectivity index (χ4v) is 4.82. The third-order valence-electron chi connectivity index (χ3n) is 4.37. The van der Waals surface area contributed by atoms with E-state index < -0.39 is 22.1 Å². The van der Waals surface area contributed by atoms with Crippen LogP contribution in [0.25, 0.3) is 0 Å². The number of hydrogen-bond acceptors (Lipinski definition) is 4. The standard InChI is InChI=1S/C18H18F3NO4S/c1-25-14-6-4-13(5-7-14)17-3-2-12-22(17)27(23,24)16-10-8-15(9-11-16)26-18(19,20)21/h4-11,17H,2-3,12H2,1H3. The van der Waals surface area contributed by atoms with Crippen molar-refractivity contribution >= 4 is 10.0 Å². The number of alkyl halides is 3. The molecule has 1 fully saturated rings. The second kappa shape index (κ2) is 7.40. The maximum atomic E-state index is 13.0. The van der Waals surface area contributed by atoms with Crippen molar-refractivity contribution in [2.75, 3.05) is 13.7 Å². The Balaban J connectivity index is 1.84. The number of sulfonamides is 1. The lowest BCUT2D eigenvalue weighted by atomic mass is 10.1. The van der Waals surface area contributed by atoms with Gasteiger partial charge in [0.05, 0.1) is 18.0 Å². The van der Waals surface area contributed by atoms with Gasteiger partial charge in [0.1, 0.15) is 11.5 Å². The van der Waals surface area contributed by atoms with Crippen molar-refractivity contribution in [2.24, 2.45) is 0 Å². The largest absolute Gasteiger partial charge is 0.573 e. The Kier molecular flexibility index (Phi) is 5.34. The van der Waals surface area contributed by atoms with E-state index in [0.29, 0.717) is 25.1 Å². The molecule has 0 bridgehead atoms. The maximum absolute atomic E-state index is 13.0. The molecule has 0 aliphatic carbocycles. The Labute approximate surface area is 155 Å². The van der Waals surface area contributed by atoms with Crippen LogP contribution >= 0.6 is 0 Å². The van der Waals surface area contributed by atoms with Gasteiger partial charge < -0.3 is 9.47 Å². The summed E-state index contributed by atoms with van der Waals surface area (Å²) >= 11 is 0. The summed E-state index contributed by atoms with van der Waals surface area (Å²) in [6.07, 6.45) is -3.46. The van der Waals surface area contributed by atoms with Crippen molar-refractivity contribution in [3.63, 3.8) is 0 Å². The molecule has 0 aromatic heterocycles. The van der Waals surface area contributed by atoms with E-state index in [0.717, 1.165) is 29.8 Å². The summed E-state index contributed by atoms with van der Waals surface area (Å²) in [6, 6.07) is 11.1.